The fraction of sp³-hybridized carbons (Fsp3) is 0.692. The summed E-state index contributed by atoms with van der Waals surface area (Å²) < 4.78 is 0. The zero-order valence-corrected chi connectivity index (χ0v) is 12.4. The third kappa shape index (κ3) is 3.78. The maximum absolute atomic E-state index is 12.3. The van der Waals surface area contributed by atoms with E-state index in [1.54, 1.807) is 4.90 Å². The molecule has 1 rings (SSSR count). The molecule has 1 N–H and O–H groups in total. The van der Waals surface area contributed by atoms with Gasteiger partial charge in [-0.1, -0.05) is 13.8 Å². The second kappa shape index (κ2) is 6.85. The zero-order valence-electron chi connectivity index (χ0n) is 11.6. The van der Waals surface area contributed by atoms with E-state index in [0.29, 0.717) is 23.9 Å². The fourth-order valence-corrected chi connectivity index (χ4v) is 3.00. The summed E-state index contributed by atoms with van der Waals surface area (Å²) in [5.41, 5.74) is 0.803. The highest BCUT2D eigenvalue weighted by atomic mass is 32.1. The van der Waals surface area contributed by atoms with Gasteiger partial charge in [0.15, 0.2) is 0 Å². The van der Waals surface area contributed by atoms with Crippen LogP contribution in [0.15, 0.2) is 0 Å². The van der Waals surface area contributed by atoms with Crippen molar-refractivity contribution < 1.29 is 9.90 Å². The van der Waals surface area contributed by atoms with Crippen molar-refractivity contribution in [3.63, 3.8) is 0 Å². The summed E-state index contributed by atoms with van der Waals surface area (Å²) in [6.07, 6.45) is 0.908. The first kappa shape index (κ1) is 15.1. The number of carbonyl (C=O) groups excluding carboxylic acids is 1. The maximum atomic E-state index is 12.3. The van der Waals surface area contributed by atoms with Crippen LogP contribution < -0.4 is 0 Å². The second-order valence-corrected chi connectivity index (χ2v) is 5.81. The lowest BCUT2D eigenvalue weighted by molar-refractivity contribution is 0.0736. The van der Waals surface area contributed by atoms with E-state index < -0.39 is 0 Å². The number of nitrogens with zero attached hydrogens (tertiary/aromatic N) is 2. The summed E-state index contributed by atoms with van der Waals surface area (Å²) in [4.78, 5) is 19.1. The zero-order chi connectivity index (χ0) is 13.7. The molecule has 0 atom stereocenters. The highest BCUT2D eigenvalue weighted by Gasteiger charge is 2.20. The Labute approximate surface area is 113 Å². The van der Waals surface area contributed by atoms with Gasteiger partial charge in [0.2, 0.25) is 0 Å². The van der Waals surface area contributed by atoms with E-state index in [-0.39, 0.29) is 12.5 Å². The molecule has 1 aromatic rings. The molecule has 0 saturated heterocycles. The summed E-state index contributed by atoms with van der Waals surface area (Å²) in [6.45, 7) is 9.06. The Morgan fingerprint density at radius 3 is 2.67 bits per heavy atom. The Morgan fingerprint density at radius 2 is 2.17 bits per heavy atom. The van der Waals surface area contributed by atoms with Crippen molar-refractivity contribution in [2.24, 2.45) is 5.92 Å². The van der Waals surface area contributed by atoms with Crippen molar-refractivity contribution in [3.05, 3.63) is 15.6 Å². The van der Waals surface area contributed by atoms with E-state index in [4.69, 9.17) is 5.11 Å². The number of hydrogen-bond donors (Lipinski definition) is 1. The first-order valence-electron chi connectivity index (χ1n) is 6.36. The second-order valence-electron chi connectivity index (χ2n) is 4.73. The molecule has 0 unspecified atom stereocenters. The maximum Gasteiger partial charge on any atom is 0.265 e. The lowest BCUT2D eigenvalue weighted by Gasteiger charge is -2.18. The van der Waals surface area contributed by atoms with E-state index in [9.17, 15) is 4.79 Å². The molecular formula is C13H22N2O2S. The number of aromatic nitrogens is 1. The van der Waals surface area contributed by atoms with E-state index >= 15 is 0 Å². The van der Waals surface area contributed by atoms with Gasteiger partial charge in [-0.25, -0.2) is 4.98 Å². The average Bonchev–Trinajstić information content (AvgIpc) is 2.65. The van der Waals surface area contributed by atoms with E-state index in [0.717, 1.165) is 17.1 Å². The Bertz CT molecular complexity index is 402. The molecule has 0 fully saturated rings. The number of likely N-dealkylation sites (N-methyl/N-ethyl adjacent to an activating group) is 1. The minimum Gasteiger partial charge on any atom is -0.395 e. The summed E-state index contributed by atoms with van der Waals surface area (Å²) in [6, 6.07) is 0. The predicted molar refractivity (Wildman–Crippen MR) is 74.1 cm³/mol. The van der Waals surface area contributed by atoms with Gasteiger partial charge in [0, 0.05) is 19.5 Å². The van der Waals surface area contributed by atoms with Gasteiger partial charge >= 0.3 is 0 Å². The molecule has 4 nitrogen and oxygen atoms in total. The van der Waals surface area contributed by atoms with Crippen molar-refractivity contribution in [1.82, 2.24) is 9.88 Å². The minimum absolute atomic E-state index is 0.00369. The molecule has 0 spiro atoms. The van der Waals surface area contributed by atoms with Crippen LogP contribution in [0.1, 0.15) is 41.1 Å². The molecule has 0 aliphatic rings. The van der Waals surface area contributed by atoms with Crippen molar-refractivity contribution in [1.29, 1.82) is 0 Å². The third-order valence-electron chi connectivity index (χ3n) is 2.66. The minimum atomic E-state index is -0.0171. The highest BCUT2D eigenvalue weighted by molar-refractivity contribution is 7.13. The third-order valence-corrected chi connectivity index (χ3v) is 3.82. The van der Waals surface area contributed by atoms with E-state index in [2.05, 4.69) is 18.8 Å². The van der Waals surface area contributed by atoms with Gasteiger partial charge in [-0.3, -0.25) is 4.79 Å². The summed E-state index contributed by atoms with van der Waals surface area (Å²) >= 11 is 1.48. The summed E-state index contributed by atoms with van der Waals surface area (Å²) in [7, 11) is 0. The monoisotopic (exact) mass is 270 g/mol. The fourth-order valence-electron chi connectivity index (χ4n) is 1.75. The Morgan fingerprint density at radius 1 is 1.50 bits per heavy atom. The van der Waals surface area contributed by atoms with Crippen molar-refractivity contribution in [3.8, 4) is 0 Å². The van der Waals surface area contributed by atoms with Crippen LogP contribution in [-0.2, 0) is 6.42 Å². The molecule has 5 heteroatoms. The standard InChI is InChI=1S/C13H22N2O2S/c1-5-15(6-7-16)13(17)12-10(4)14-11(18-12)8-9(2)3/h9,16H,5-8H2,1-4H3. The largest absolute Gasteiger partial charge is 0.395 e. The van der Waals surface area contributed by atoms with Gasteiger partial charge in [-0.2, -0.15) is 0 Å². The van der Waals surface area contributed by atoms with E-state index in [1.165, 1.54) is 11.3 Å². The van der Waals surface area contributed by atoms with Crippen LogP contribution in [-0.4, -0.2) is 40.6 Å². The van der Waals surface area contributed by atoms with Crippen LogP contribution in [0.2, 0.25) is 0 Å². The number of thiazole rings is 1. The topological polar surface area (TPSA) is 53.4 Å². The molecule has 0 saturated carbocycles. The molecule has 0 aromatic carbocycles. The number of amides is 1. The average molecular weight is 270 g/mol. The highest BCUT2D eigenvalue weighted by Crippen LogP contribution is 2.22. The van der Waals surface area contributed by atoms with Gasteiger partial charge in [0.05, 0.1) is 17.3 Å². The van der Waals surface area contributed by atoms with Crippen LogP contribution >= 0.6 is 11.3 Å². The van der Waals surface area contributed by atoms with Gasteiger partial charge in [-0.15, -0.1) is 11.3 Å². The van der Waals surface area contributed by atoms with Crippen LogP contribution in [0, 0.1) is 12.8 Å². The Kier molecular flexibility index (Phi) is 5.75. The van der Waals surface area contributed by atoms with Crippen LogP contribution in [0.5, 0.6) is 0 Å². The number of aliphatic hydroxyl groups is 1. The van der Waals surface area contributed by atoms with Gasteiger partial charge in [0.1, 0.15) is 4.88 Å². The first-order valence-corrected chi connectivity index (χ1v) is 7.17. The molecule has 0 aliphatic heterocycles. The number of hydrogen-bond acceptors (Lipinski definition) is 4. The molecule has 1 heterocycles. The molecule has 18 heavy (non-hydrogen) atoms. The molecule has 1 amide bonds. The summed E-state index contributed by atoms with van der Waals surface area (Å²) in [5.74, 6) is 0.523. The first-order chi connectivity index (χ1) is 8.49. The molecule has 102 valence electrons. The van der Waals surface area contributed by atoms with Gasteiger partial charge in [-0.05, 0) is 19.8 Å². The lowest BCUT2D eigenvalue weighted by Crippen LogP contribution is -2.33. The van der Waals surface area contributed by atoms with Crippen molar-refractivity contribution >= 4 is 17.2 Å². The van der Waals surface area contributed by atoms with Crippen LogP contribution in [0.3, 0.4) is 0 Å². The lowest BCUT2D eigenvalue weighted by atomic mass is 10.1. The number of rotatable bonds is 6. The number of aliphatic hydroxyl groups excluding tert-OH is 1. The van der Waals surface area contributed by atoms with Crippen molar-refractivity contribution in [2.75, 3.05) is 19.7 Å². The van der Waals surface area contributed by atoms with Gasteiger partial charge in [0.25, 0.3) is 5.91 Å². The van der Waals surface area contributed by atoms with Crippen LogP contribution in [0.25, 0.3) is 0 Å². The smallest absolute Gasteiger partial charge is 0.265 e. The molecule has 0 aliphatic carbocycles. The quantitative estimate of drug-likeness (QED) is 0.861. The van der Waals surface area contributed by atoms with Crippen LogP contribution in [0.4, 0.5) is 0 Å². The normalized spacial score (nSPS) is 11.0. The Balaban J connectivity index is 2.88. The number of carbonyl (C=O) groups is 1. The predicted octanol–water partition coefficient (Wildman–Crippen LogP) is 2.10. The molecule has 1 aromatic heterocycles. The Hall–Kier alpha value is -0.940. The molecule has 0 bridgehead atoms. The SMILES string of the molecule is CCN(CCO)C(=O)c1sc(CC(C)C)nc1C. The van der Waals surface area contributed by atoms with E-state index in [1.807, 2.05) is 13.8 Å². The molecule has 0 radical (unpaired) electrons. The number of aryl methyl sites for hydroxylation is 1. The summed E-state index contributed by atoms with van der Waals surface area (Å²) in [5, 5.41) is 9.97. The van der Waals surface area contributed by atoms with Gasteiger partial charge < -0.3 is 10.0 Å². The molecular weight excluding hydrogens is 248 g/mol. The van der Waals surface area contributed by atoms with Crippen molar-refractivity contribution in [2.45, 2.75) is 34.1 Å².